The van der Waals surface area contributed by atoms with Crippen molar-refractivity contribution < 1.29 is 9.53 Å². The number of fused-ring (bicyclic) bond motifs is 3. The van der Waals surface area contributed by atoms with Gasteiger partial charge in [0.15, 0.2) is 0 Å². The fourth-order valence-electron chi connectivity index (χ4n) is 3.82. The molecule has 1 saturated carbocycles. The van der Waals surface area contributed by atoms with Crippen LogP contribution in [-0.2, 0) is 0 Å². The molecule has 2 aromatic heterocycles. The molecular weight excluding hydrogens is 372 g/mol. The number of hydrogen-bond donors (Lipinski definition) is 1. The van der Waals surface area contributed by atoms with E-state index < -0.39 is 5.91 Å². The van der Waals surface area contributed by atoms with Crippen LogP contribution in [0.5, 0.6) is 5.88 Å². The summed E-state index contributed by atoms with van der Waals surface area (Å²) < 4.78 is 7.33. The minimum Gasteiger partial charge on any atom is -0.474 e. The van der Waals surface area contributed by atoms with Crippen molar-refractivity contribution in [2.75, 3.05) is 0 Å². The summed E-state index contributed by atoms with van der Waals surface area (Å²) in [5, 5.41) is 1.76. The molecule has 1 amide bonds. The number of aromatic nitrogens is 2. The van der Waals surface area contributed by atoms with Crippen LogP contribution in [-0.4, -0.2) is 32.9 Å². The Morgan fingerprint density at radius 1 is 1.21 bits per heavy atom. The third-order valence-corrected chi connectivity index (χ3v) is 6.36. The maximum Gasteiger partial charge on any atom is 0.248 e. The van der Waals surface area contributed by atoms with Crippen LogP contribution in [0, 0.1) is 0 Å². The fraction of sp³-hybridized carbons (Fsp3) is 0.286. The monoisotopic (exact) mass is 394 g/mol. The minimum atomic E-state index is -0.451. The molecule has 3 aromatic rings. The zero-order valence-corrected chi connectivity index (χ0v) is 16.3. The van der Waals surface area contributed by atoms with Crippen molar-refractivity contribution in [2.45, 2.75) is 37.8 Å². The van der Waals surface area contributed by atoms with E-state index in [0.29, 0.717) is 17.5 Å². The molecule has 6 nitrogen and oxygen atoms in total. The summed E-state index contributed by atoms with van der Waals surface area (Å²) in [6.07, 6.45) is 9.15. The molecule has 1 aliphatic carbocycles. The second kappa shape index (κ2) is 7.59. The third kappa shape index (κ3) is 3.33. The van der Waals surface area contributed by atoms with Gasteiger partial charge in [0, 0.05) is 21.7 Å². The standard InChI is InChI=1S/C21H22N4O2S/c1-3-25(4-2)14-6-8-15(9-7-14)27-20-18-16-11-13(19(22)26)5-10-17(16)28-21(18)24-12-23-20/h3-5,10-12,14-15H,1-2,6-9H2,(H2,22,26). The first kappa shape index (κ1) is 18.4. The Morgan fingerprint density at radius 3 is 2.64 bits per heavy atom. The van der Waals surface area contributed by atoms with Gasteiger partial charge < -0.3 is 15.4 Å². The first-order chi connectivity index (χ1) is 13.6. The summed E-state index contributed by atoms with van der Waals surface area (Å²) >= 11 is 1.56. The van der Waals surface area contributed by atoms with Gasteiger partial charge in [0.2, 0.25) is 11.8 Å². The molecule has 0 spiro atoms. The Balaban J connectivity index is 1.62. The van der Waals surface area contributed by atoms with Gasteiger partial charge in [0.25, 0.3) is 0 Å². The van der Waals surface area contributed by atoms with E-state index in [1.807, 2.05) is 18.5 Å². The average Bonchev–Trinajstić information content (AvgIpc) is 3.09. The van der Waals surface area contributed by atoms with E-state index in [1.54, 1.807) is 23.5 Å². The number of thiophene rings is 1. The smallest absolute Gasteiger partial charge is 0.248 e. The van der Waals surface area contributed by atoms with E-state index in [1.165, 1.54) is 6.33 Å². The molecular formula is C21H22N4O2S. The number of nitrogens with two attached hydrogens (primary N) is 1. The van der Waals surface area contributed by atoms with Gasteiger partial charge in [-0.05, 0) is 56.3 Å². The molecule has 1 aliphatic rings. The molecule has 0 aliphatic heterocycles. The number of rotatable bonds is 6. The van der Waals surface area contributed by atoms with E-state index in [9.17, 15) is 4.79 Å². The van der Waals surface area contributed by atoms with E-state index in [4.69, 9.17) is 10.5 Å². The largest absolute Gasteiger partial charge is 0.474 e. The first-order valence-corrected chi connectivity index (χ1v) is 10.1. The van der Waals surface area contributed by atoms with Gasteiger partial charge in [-0.2, -0.15) is 0 Å². The predicted octanol–water partition coefficient (Wildman–Crippen LogP) is 4.22. The Kier molecular flexibility index (Phi) is 5.00. The highest BCUT2D eigenvalue weighted by atomic mass is 32.1. The van der Waals surface area contributed by atoms with Gasteiger partial charge in [-0.25, -0.2) is 9.97 Å². The SMILES string of the molecule is C=CN(C=C)C1CCC(Oc2ncnc3sc4ccc(C(N)=O)cc4c23)CC1. The van der Waals surface area contributed by atoms with Crippen molar-refractivity contribution in [3.63, 3.8) is 0 Å². The summed E-state index contributed by atoms with van der Waals surface area (Å²) in [7, 11) is 0. The van der Waals surface area contributed by atoms with Crippen LogP contribution in [0.3, 0.4) is 0 Å². The van der Waals surface area contributed by atoms with Gasteiger partial charge >= 0.3 is 0 Å². The summed E-state index contributed by atoms with van der Waals surface area (Å²) in [6, 6.07) is 5.85. The molecule has 7 heteroatoms. The lowest BCUT2D eigenvalue weighted by atomic mass is 9.92. The molecule has 0 saturated heterocycles. The van der Waals surface area contributed by atoms with Crippen LogP contribution < -0.4 is 10.5 Å². The number of primary amides is 1. The minimum absolute atomic E-state index is 0.0973. The summed E-state index contributed by atoms with van der Waals surface area (Å²) in [5.74, 6) is 0.124. The maximum absolute atomic E-state index is 11.6. The predicted molar refractivity (Wildman–Crippen MR) is 112 cm³/mol. The second-order valence-electron chi connectivity index (χ2n) is 6.90. The molecule has 1 fully saturated rings. The Hall–Kier alpha value is -2.93. The van der Waals surface area contributed by atoms with Crippen molar-refractivity contribution in [1.29, 1.82) is 0 Å². The Morgan fingerprint density at radius 2 is 1.96 bits per heavy atom. The summed E-state index contributed by atoms with van der Waals surface area (Å²) in [4.78, 5) is 23.3. The summed E-state index contributed by atoms with van der Waals surface area (Å²) in [6.45, 7) is 7.69. The highest BCUT2D eigenvalue weighted by Gasteiger charge is 2.26. The zero-order chi connectivity index (χ0) is 19.7. The molecule has 2 N–H and O–H groups in total. The molecule has 0 radical (unpaired) electrons. The van der Waals surface area contributed by atoms with Gasteiger partial charge in [-0.15, -0.1) is 11.3 Å². The zero-order valence-electron chi connectivity index (χ0n) is 15.5. The van der Waals surface area contributed by atoms with Crippen molar-refractivity contribution in [3.05, 3.63) is 55.6 Å². The lowest BCUT2D eigenvalue weighted by Gasteiger charge is -2.34. The highest BCUT2D eigenvalue weighted by molar-refractivity contribution is 7.25. The Labute approximate surface area is 167 Å². The molecule has 1 aromatic carbocycles. The lowest BCUT2D eigenvalue weighted by molar-refractivity contribution is 0.100. The van der Waals surface area contributed by atoms with Crippen LogP contribution in [0.4, 0.5) is 0 Å². The molecule has 0 unspecified atom stereocenters. The quantitative estimate of drug-likeness (QED) is 0.677. The highest BCUT2D eigenvalue weighted by Crippen LogP contribution is 2.38. The van der Waals surface area contributed by atoms with E-state index in [-0.39, 0.29) is 6.10 Å². The number of carbonyl (C=O) groups is 1. The van der Waals surface area contributed by atoms with E-state index >= 15 is 0 Å². The summed E-state index contributed by atoms with van der Waals surface area (Å²) in [5.41, 5.74) is 5.92. The van der Waals surface area contributed by atoms with Crippen LogP contribution >= 0.6 is 11.3 Å². The number of nitrogens with zero attached hydrogens (tertiary/aromatic N) is 3. The number of hydrogen-bond acceptors (Lipinski definition) is 6. The topological polar surface area (TPSA) is 81.3 Å². The first-order valence-electron chi connectivity index (χ1n) is 9.27. The number of carbonyl (C=O) groups excluding carboxylic acids is 1. The third-order valence-electron chi connectivity index (χ3n) is 5.28. The van der Waals surface area contributed by atoms with Gasteiger partial charge in [-0.3, -0.25) is 4.79 Å². The number of ether oxygens (including phenoxy) is 1. The molecule has 144 valence electrons. The number of amides is 1. The molecule has 0 atom stereocenters. The molecule has 2 heterocycles. The van der Waals surface area contributed by atoms with Crippen molar-refractivity contribution in [3.8, 4) is 5.88 Å². The molecule has 0 bridgehead atoms. The van der Waals surface area contributed by atoms with Crippen LogP contribution in [0.15, 0.2) is 50.1 Å². The average molecular weight is 395 g/mol. The van der Waals surface area contributed by atoms with E-state index in [2.05, 4.69) is 28.0 Å². The second-order valence-corrected chi connectivity index (χ2v) is 7.93. The molecule has 4 rings (SSSR count). The van der Waals surface area contributed by atoms with Gasteiger partial charge in [0.05, 0.1) is 5.39 Å². The van der Waals surface area contributed by atoms with Gasteiger partial charge in [-0.1, -0.05) is 13.2 Å². The number of benzene rings is 1. The fourth-order valence-corrected chi connectivity index (χ4v) is 4.83. The van der Waals surface area contributed by atoms with Crippen molar-refractivity contribution >= 4 is 37.5 Å². The molecule has 28 heavy (non-hydrogen) atoms. The Bertz CT molecular complexity index is 1050. The van der Waals surface area contributed by atoms with Crippen LogP contribution in [0.2, 0.25) is 0 Å². The normalized spacial score (nSPS) is 19.4. The lowest BCUT2D eigenvalue weighted by Crippen LogP contribution is -2.34. The maximum atomic E-state index is 11.6. The van der Waals surface area contributed by atoms with Gasteiger partial charge in [0.1, 0.15) is 17.3 Å². The van der Waals surface area contributed by atoms with Crippen LogP contribution in [0.25, 0.3) is 20.3 Å². The van der Waals surface area contributed by atoms with Crippen molar-refractivity contribution in [1.82, 2.24) is 14.9 Å². The van der Waals surface area contributed by atoms with Crippen molar-refractivity contribution in [2.24, 2.45) is 5.73 Å². The van der Waals surface area contributed by atoms with Crippen LogP contribution in [0.1, 0.15) is 36.0 Å². The van der Waals surface area contributed by atoms with E-state index in [0.717, 1.165) is 46.0 Å².